The van der Waals surface area contributed by atoms with Gasteiger partial charge in [0.2, 0.25) is 5.95 Å². The maximum Gasteiger partial charge on any atom is 0.260 e. The Bertz CT molecular complexity index is 1390. The highest BCUT2D eigenvalue weighted by Gasteiger charge is 2.35. The molecule has 1 saturated carbocycles. The summed E-state index contributed by atoms with van der Waals surface area (Å²) in [5, 5.41) is 24.1. The topological polar surface area (TPSA) is 115 Å². The zero-order chi connectivity index (χ0) is 26.1. The summed E-state index contributed by atoms with van der Waals surface area (Å²) in [7, 11) is 0. The zero-order valence-electron chi connectivity index (χ0n) is 20.8. The van der Waals surface area contributed by atoms with Gasteiger partial charge in [0.05, 0.1) is 34.8 Å². The monoisotopic (exact) mass is 540 g/mol. The van der Waals surface area contributed by atoms with Gasteiger partial charge in [0.15, 0.2) is 5.13 Å². The molecule has 9 nitrogen and oxygen atoms in total. The number of thiazole rings is 1. The third-order valence-electron chi connectivity index (χ3n) is 7.12. The average molecular weight is 541 g/mol. The van der Waals surface area contributed by atoms with E-state index >= 15 is 0 Å². The van der Waals surface area contributed by atoms with Crippen molar-refractivity contribution in [3.8, 4) is 11.1 Å². The van der Waals surface area contributed by atoms with E-state index in [4.69, 9.17) is 4.98 Å². The summed E-state index contributed by atoms with van der Waals surface area (Å²) < 4.78 is 29.1. The molecule has 2 fully saturated rings. The van der Waals surface area contributed by atoms with Crippen LogP contribution in [0, 0.1) is 0 Å². The Morgan fingerprint density at radius 1 is 1.11 bits per heavy atom. The van der Waals surface area contributed by atoms with E-state index in [0.717, 1.165) is 47.0 Å². The van der Waals surface area contributed by atoms with Gasteiger partial charge in [0.1, 0.15) is 5.82 Å². The number of hydrogen-bond acceptors (Lipinski definition) is 9. The number of aromatic amines is 1. The molecule has 0 spiro atoms. The first-order chi connectivity index (χ1) is 18.4. The average Bonchev–Trinajstić information content (AvgIpc) is 3.54. The van der Waals surface area contributed by atoms with Crippen LogP contribution in [0.5, 0.6) is 0 Å². The van der Waals surface area contributed by atoms with Gasteiger partial charge in [-0.3, -0.25) is 10.00 Å². The summed E-state index contributed by atoms with van der Waals surface area (Å²) in [5.74, 6) is -1.66. The number of rotatable bonds is 7. The molecule has 1 aliphatic heterocycles. The maximum atomic E-state index is 14.0. The van der Waals surface area contributed by atoms with Gasteiger partial charge in [0, 0.05) is 36.8 Å². The second-order valence-electron chi connectivity index (χ2n) is 10.2. The predicted octanol–water partition coefficient (Wildman–Crippen LogP) is 5.17. The summed E-state index contributed by atoms with van der Waals surface area (Å²) in [6, 6.07) is 8.04. The molecule has 0 bridgehead atoms. The smallest absolute Gasteiger partial charge is 0.260 e. The highest BCUT2D eigenvalue weighted by molar-refractivity contribution is 7.22. The summed E-state index contributed by atoms with van der Waals surface area (Å²) in [6.45, 7) is 0.668. The standard InChI is InChI=1S/C26H30F2N8OS/c27-26(28)8-1-9-36(15-26)14-19-11-23(34-24(32-19)31-18-3-5-20(37)6-4-18)35-25-33-21-7-2-16(10-22(21)38-25)17-12-29-30-13-17/h2,7,10-13,18,20,37H,1,3-6,8-9,14-15H2,(H,29,30)(H2,31,32,33,34,35). The predicted molar refractivity (Wildman–Crippen MR) is 144 cm³/mol. The molecule has 0 radical (unpaired) electrons. The van der Waals surface area contributed by atoms with Crippen molar-refractivity contribution in [2.75, 3.05) is 23.7 Å². The molecule has 38 heavy (non-hydrogen) atoms. The van der Waals surface area contributed by atoms with Gasteiger partial charge < -0.3 is 15.7 Å². The van der Waals surface area contributed by atoms with Crippen molar-refractivity contribution >= 4 is 38.5 Å². The van der Waals surface area contributed by atoms with E-state index in [9.17, 15) is 13.9 Å². The normalized spacial score (nSPS) is 22.0. The van der Waals surface area contributed by atoms with Crippen LogP contribution in [0.2, 0.25) is 0 Å². The number of aromatic nitrogens is 5. The van der Waals surface area contributed by atoms with E-state index in [2.05, 4.69) is 36.9 Å². The van der Waals surface area contributed by atoms with E-state index in [1.54, 1.807) is 11.1 Å². The number of alkyl halides is 2. The van der Waals surface area contributed by atoms with E-state index in [-0.39, 0.29) is 25.1 Å². The van der Waals surface area contributed by atoms with Crippen LogP contribution in [0.1, 0.15) is 44.2 Å². The Labute approximate surface area is 222 Å². The molecule has 0 atom stereocenters. The Kier molecular flexibility index (Phi) is 6.93. The number of fused-ring (bicyclic) bond motifs is 1. The lowest BCUT2D eigenvalue weighted by molar-refractivity contribution is -0.0663. The molecule has 4 aromatic rings. The lowest BCUT2D eigenvalue weighted by atomic mass is 9.93. The van der Waals surface area contributed by atoms with E-state index in [1.165, 1.54) is 11.3 Å². The van der Waals surface area contributed by atoms with E-state index in [0.29, 0.717) is 42.1 Å². The lowest BCUT2D eigenvalue weighted by Crippen LogP contribution is -2.42. The highest BCUT2D eigenvalue weighted by atomic mass is 32.1. The minimum atomic E-state index is -2.67. The van der Waals surface area contributed by atoms with Gasteiger partial charge >= 0.3 is 0 Å². The first kappa shape index (κ1) is 25.1. The van der Waals surface area contributed by atoms with Crippen molar-refractivity contribution in [2.45, 2.75) is 63.1 Å². The molecule has 1 saturated heterocycles. The lowest BCUT2D eigenvalue weighted by Gasteiger charge is -2.32. The number of nitrogens with zero attached hydrogens (tertiary/aromatic N) is 5. The maximum absolute atomic E-state index is 14.0. The molecule has 1 aliphatic carbocycles. The summed E-state index contributed by atoms with van der Waals surface area (Å²) in [4.78, 5) is 15.8. The van der Waals surface area contributed by atoms with Crippen molar-refractivity contribution in [1.82, 2.24) is 30.0 Å². The summed E-state index contributed by atoms with van der Waals surface area (Å²) in [5.41, 5.74) is 3.59. The van der Waals surface area contributed by atoms with Gasteiger partial charge in [-0.15, -0.1) is 0 Å². The number of H-pyrrole nitrogens is 1. The molecule has 12 heteroatoms. The largest absolute Gasteiger partial charge is 0.393 e. The number of nitrogens with one attached hydrogen (secondary N) is 3. The molecule has 4 heterocycles. The van der Waals surface area contributed by atoms with Crippen molar-refractivity contribution in [2.24, 2.45) is 0 Å². The number of aliphatic hydroxyl groups is 1. The minimum absolute atomic E-state index is 0.0691. The highest BCUT2D eigenvalue weighted by Crippen LogP contribution is 2.32. The van der Waals surface area contributed by atoms with Crippen LogP contribution < -0.4 is 10.6 Å². The molecule has 4 N–H and O–H groups in total. The number of likely N-dealkylation sites (tertiary alicyclic amines) is 1. The number of aliphatic hydroxyl groups excluding tert-OH is 1. The molecule has 2 aliphatic rings. The first-order valence-corrected chi connectivity index (χ1v) is 13.8. The second kappa shape index (κ2) is 10.5. The van der Waals surface area contributed by atoms with Crippen LogP contribution in [0.3, 0.4) is 0 Å². The first-order valence-electron chi connectivity index (χ1n) is 13.0. The van der Waals surface area contributed by atoms with Crippen LogP contribution in [0.4, 0.5) is 25.7 Å². The number of benzene rings is 1. The quantitative estimate of drug-likeness (QED) is 0.254. The second-order valence-corrected chi connectivity index (χ2v) is 11.2. The van der Waals surface area contributed by atoms with Crippen LogP contribution >= 0.6 is 11.3 Å². The summed E-state index contributed by atoms with van der Waals surface area (Å²) in [6.07, 6.45) is 6.89. The molecular weight excluding hydrogens is 510 g/mol. The van der Waals surface area contributed by atoms with Crippen molar-refractivity contribution in [1.29, 1.82) is 0 Å². The van der Waals surface area contributed by atoms with Gasteiger partial charge in [0.25, 0.3) is 5.92 Å². The molecule has 6 rings (SSSR count). The van der Waals surface area contributed by atoms with Gasteiger partial charge in [-0.1, -0.05) is 17.4 Å². The molecular formula is C26H30F2N8OS. The summed E-state index contributed by atoms with van der Waals surface area (Å²) >= 11 is 1.52. The van der Waals surface area contributed by atoms with E-state index in [1.807, 2.05) is 24.4 Å². The van der Waals surface area contributed by atoms with Gasteiger partial charge in [-0.25, -0.2) is 18.7 Å². The fourth-order valence-electron chi connectivity index (χ4n) is 5.20. The Hall–Kier alpha value is -3.22. The number of hydrogen-bond donors (Lipinski definition) is 4. The molecule has 3 aromatic heterocycles. The van der Waals surface area contributed by atoms with Crippen molar-refractivity contribution < 1.29 is 13.9 Å². The third-order valence-corrected chi connectivity index (χ3v) is 8.06. The SMILES string of the molecule is OC1CCC(Nc2nc(CN3CCCC(F)(F)C3)cc(Nc3nc4ccc(-c5cn[nH]c5)cc4s3)n2)CC1. The number of anilines is 3. The van der Waals surface area contributed by atoms with E-state index < -0.39 is 5.92 Å². The number of halogens is 2. The van der Waals surface area contributed by atoms with Gasteiger partial charge in [-0.05, 0) is 56.3 Å². The van der Waals surface area contributed by atoms with Gasteiger partial charge in [-0.2, -0.15) is 10.1 Å². The number of piperidine rings is 1. The fraction of sp³-hybridized carbons (Fsp3) is 0.462. The van der Waals surface area contributed by atoms with Crippen LogP contribution in [0.15, 0.2) is 36.7 Å². The Morgan fingerprint density at radius 2 is 1.97 bits per heavy atom. The van der Waals surface area contributed by atoms with Crippen LogP contribution in [-0.2, 0) is 6.54 Å². The molecule has 0 amide bonds. The Balaban J connectivity index is 1.25. The minimum Gasteiger partial charge on any atom is -0.393 e. The van der Waals surface area contributed by atoms with Crippen molar-refractivity contribution in [3.05, 3.63) is 42.4 Å². The molecule has 1 aromatic carbocycles. The van der Waals surface area contributed by atoms with Crippen LogP contribution in [0.25, 0.3) is 21.3 Å². The Morgan fingerprint density at radius 3 is 2.76 bits per heavy atom. The zero-order valence-corrected chi connectivity index (χ0v) is 21.6. The van der Waals surface area contributed by atoms with Crippen LogP contribution in [-0.4, -0.2) is 66.3 Å². The fourth-order valence-corrected chi connectivity index (χ4v) is 6.11. The molecule has 200 valence electrons. The third kappa shape index (κ3) is 5.92. The molecule has 0 unspecified atom stereocenters. The van der Waals surface area contributed by atoms with Crippen molar-refractivity contribution in [3.63, 3.8) is 0 Å².